The van der Waals surface area contributed by atoms with Crippen LogP contribution in [0.25, 0.3) is 0 Å². The number of carbonyl (C=O) groups excluding carboxylic acids is 2. The van der Waals surface area contributed by atoms with Crippen LogP contribution in [0.5, 0.6) is 0 Å². The Morgan fingerprint density at radius 2 is 2.05 bits per heavy atom. The van der Waals surface area contributed by atoms with E-state index in [0.717, 1.165) is 6.07 Å². The Balaban J connectivity index is 0.00000242. The van der Waals surface area contributed by atoms with E-state index < -0.39 is 22.4 Å². The van der Waals surface area contributed by atoms with Gasteiger partial charge in [0.2, 0.25) is 0 Å². The monoisotopic (exact) mass is 297 g/mol. The number of esters is 1. The van der Waals surface area contributed by atoms with Crippen LogP contribution in [-0.4, -0.2) is 23.3 Å². The number of benzene rings is 1. The second-order valence-corrected chi connectivity index (χ2v) is 4.46. The largest absolute Gasteiger partial charge is 1.00 e. The molecule has 0 radical (unpaired) electrons. The Morgan fingerprint density at radius 3 is 2.64 bits per heavy atom. The molecule has 0 amide bonds. The molecule has 0 atom stereocenters. The molecule has 8 heteroatoms. The molecule has 0 aromatic heterocycles. The van der Waals surface area contributed by atoms with E-state index in [-0.39, 0.29) is 48.7 Å². The molecule has 1 aliphatic carbocycles. The Morgan fingerprint density at radius 1 is 1.36 bits per heavy atom. The minimum absolute atomic E-state index is 0. The Labute approximate surface area is 138 Å². The zero-order valence-corrected chi connectivity index (χ0v) is 12.3. The van der Waals surface area contributed by atoms with Gasteiger partial charge in [0.05, 0.1) is 11.5 Å². The first-order chi connectivity index (χ1) is 9.95. The molecular weight excluding hydrogens is 285 g/mol. The summed E-state index contributed by atoms with van der Waals surface area (Å²) in [6.45, 7) is 1.59. The van der Waals surface area contributed by atoms with Gasteiger partial charge in [-0.15, -0.1) is 0 Å². The maximum Gasteiger partial charge on any atom is 1.00 e. The van der Waals surface area contributed by atoms with E-state index in [1.54, 1.807) is 6.92 Å². The van der Waals surface area contributed by atoms with Crippen molar-refractivity contribution in [3.63, 3.8) is 0 Å². The van der Waals surface area contributed by atoms with Gasteiger partial charge in [0.25, 0.3) is 5.69 Å². The normalized spacial score (nSPS) is 15.4. The van der Waals surface area contributed by atoms with Crippen LogP contribution in [0.4, 0.5) is 5.69 Å². The Bertz CT molecular complexity index is 667. The number of carbonyl (C=O) groups is 2. The first-order valence-electron chi connectivity index (χ1n) is 6.35. The number of hydrogen-bond donors (Lipinski definition) is 0. The standard InChI is InChI=1S/C14H13NO6.Li/c1-2-21-14(18)13(17)10-6-4-8-3-5-9(15(19)20)7-11(8)12(10)16;/h3,5,7,17H,2,4,6H2,1H3;/q;+1/p-1/b13-10-;. The summed E-state index contributed by atoms with van der Waals surface area (Å²) in [5.74, 6) is -2.69. The first kappa shape index (κ1) is 17.9. The molecule has 0 bridgehead atoms. The van der Waals surface area contributed by atoms with Crippen LogP contribution >= 0.6 is 0 Å². The Hall–Kier alpha value is -2.10. The molecule has 0 spiro atoms. The fourth-order valence-electron chi connectivity index (χ4n) is 2.18. The van der Waals surface area contributed by atoms with Crippen LogP contribution in [0, 0.1) is 10.1 Å². The van der Waals surface area contributed by atoms with Gasteiger partial charge in [-0.3, -0.25) is 14.9 Å². The molecule has 22 heavy (non-hydrogen) atoms. The smallest absolute Gasteiger partial charge is 0.867 e. The average Bonchev–Trinajstić information content (AvgIpc) is 2.47. The van der Waals surface area contributed by atoms with Crippen LogP contribution in [0.3, 0.4) is 0 Å². The molecule has 1 aliphatic rings. The first-order valence-corrected chi connectivity index (χ1v) is 6.35. The molecule has 0 fully saturated rings. The zero-order valence-electron chi connectivity index (χ0n) is 12.3. The van der Waals surface area contributed by atoms with E-state index in [9.17, 15) is 24.8 Å². The average molecular weight is 297 g/mol. The van der Waals surface area contributed by atoms with Crippen LogP contribution in [-0.2, 0) is 16.0 Å². The van der Waals surface area contributed by atoms with E-state index >= 15 is 0 Å². The number of Topliss-reactive ketones (excluding diaryl/α,β-unsaturated/α-hetero) is 1. The van der Waals surface area contributed by atoms with Gasteiger partial charge < -0.3 is 9.84 Å². The topological polar surface area (TPSA) is 110 Å². The summed E-state index contributed by atoms with van der Waals surface area (Å²) in [4.78, 5) is 33.8. The number of aryl methyl sites for hydroxylation is 1. The van der Waals surface area contributed by atoms with Gasteiger partial charge in [0.1, 0.15) is 0 Å². The third kappa shape index (κ3) is 3.38. The summed E-state index contributed by atoms with van der Waals surface area (Å²) >= 11 is 0. The summed E-state index contributed by atoms with van der Waals surface area (Å²) in [5, 5.41) is 22.6. The molecule has 1 aromatic rings. The van der Waals surface area contributed by atoms with Gasteiger partial charge in [-0.25, -0.2) is 4.79 Å². The molecule has 0 saturated carbocycles. The zero-order chi connectivity index (χ0) is 15.6. The predicted molar refractivity (Wildman–Crippen MR) is 69.4 cm³/mol. The molecule has 7 nitrogen and oxygen atoms in total. The molecule has 0 unspecified atom stereocenters. The minimum atomic E-state index is -1.07. The number of nitro benzene ring substituents is 1. The van der Waals surface area contributed by atoms with Gasteiger partial charge in [-0.05, 0) is 36.7 Å². The van der Waals surface area contributed by atoms with Crippen molar-refractivity contribution in [3.8, 4) is 0 Å². The molecule has 1 aromatic carbocycles. The summed E-state index contributed by atoms with van der Waals surface area (Å²) in [5.41, 5.74) is 0.322. The fraction of sp³-hybridized carbons (Fsp3) is 0.286. The van der Waals surface area contributed by atoms with Crippen molar-refractivity contribution in [3.05, 3.63) is 50.8 Å². The molecular formula is C14H12LiNO6. The van der Waals surface area contributed by atoms with Gasteiger partial charge in [-0.2, -0.15) is 0 Å². The molecule has 0 N–H and O–H groups in total. The van der Waals surface area contributed by atoms with Gasteiger partial charge in [0.15, 0.2) is 5.78 Å². The quantitative estimate of drug-likeness (QED) is 0.158. The van der Waals surface area contributed by atoms with Crippen LogP contribution in [0.15, 0.2) is 29.5 Å². The number of ether oxygens (including phenoxy) is 1. The number of non-ortho nitro benzene ring substituents is 1. The van der Waals surface area contributed by atoms with Crippen molar-refractivity contribution in [1.29, 1.82) is 0 Å². The van der Waals surface area contributed by atoms with Gasteiger partial charge in [0, 0.05) is 17.7 Å². The summed E-state index contributed by atoms with van der Waals surface area (Å²) in [6, 6.07) is 3.94. The molecule has 0 saturated heterocycles. The Kier molecular flexibility index (Phi) is 5.91. The minimum Gasteiger partial charge on any atom is -0.867 e. The number of nitrogens with zero attached hydrogens (tertiary/aromatic N) is 1. The number of fused-ring (bicyclic) bond motifs is 1. The van der Waals surface area contributed by atoms with Crippen LogP contribution in [0.1, 0.15) is 29.3 Å². The van der Waals surface area contributed by atoms with Crippen molar-refractivity contribution < 1.29 is 43.2 Å². The predicted octanol–water partition coefficient (Wildman–Crippen LogP) is -2.09. The summed E-state index contributed by atoms with van der Waals surface area (Å²) in [6.07, 6.45) is 0.501. The third-order valence-electron chi connectivity index (χ3n) is 3.20. The molecule has 0 aliphatic heterocycles. The molecule has 110 valence electrons. The number of hydrogen-bond acceptors (Lipinski definition) is 6. The maximum absolute atomic E-state index is 12.3. The van der Waals surface area contributed by atoms with Crippen molar-refractivity contribution in [2.75, 3.05) is 6.61 Å². The van der Waals surface area contributed by atoms with Crippen molar-refractivity contribution in [1.82, 2.24) is 0 Å². The van der Waals surface area contributed by atoms with Crippen LogP contribution < -0.4 is 24.0 Å². The summed E-state index contributed by atoms with van der Waals surface area (Å²) in [7, 11) is 0. The molecule has 2 rings (SSSR count). The van der Waals surface area contributed by atoms with E-state index in [1.807, 2.05) is 0 Å². The fourth-order valence-corrected chi connectivity index (χ4v) is 2.18. The summed E-state index contributed by atoms with van der Waals surface area (Å²) < 4.78 is 4.59. The van der Waals surface area contributed by atoms with Crippen molar-refractivity contribution >= 4 is 17.4 Å². The van der Waals surface area contributed by atoms with Gasteiger partial charge in [-0.1, -0.05) is 6.07 Å². The van der Waals surface area contributed by atoms with E-state index in [4.69, 9.17) is 0 Å². The number of ketones is 1. The number of allylic oxidation sites excluding steroid dienone is 1. The van der Waals surface area contributed by atoms with Crippen LogP contribution in [0.2, 0.25) is 0 Å². The second kappa shape index (κ2) is 7.25. The number of nitro groups is 1. The van der Waals surface area contributed by atoms with E-state index in [1.165, 1.54) is 12.1 Å². The van der Waals surface area contributed by atoms with Crippen molar-refractivity contribution in [2.24, 2.45) is 0 Å². The number of rotatable bonds is 3. The van der Waals surface area contributed by atoms with E-state index in [2.05, 4.69) is 4.74 Å². The van der Waals surface area contributed by atoms with Gasteiger partial charge >= 0.3 is 24.8 Å². The molecule has 0 heterocycles. The van der Waals surface area contributed by atoms with E-state index in [0.29, 0.717) is 12.0 Å². The maximum atomic E-state index is 12.3. The third-order valence-corrected chi connectivity index (χ3v) is 3.20. The SMILES string of the molecule is CCOC(=O)/C([O-])=C1\CCc2ccc([N+](=O)[O-])cc2C1=O.[Li+]. The van der Waals surface area contributed by atoms with Crippen molar-refractivity contribution in [2.45, 2.75) is 19.8 Å². The second-order valence-electron chi connectivity index (χ2n) is 4.46.